The molecule has 0 fully saturated rings. The van der Waals surface area contributed by atoms with Gasteiger partial charge in [0.05, 0.1) is 107 Å². The number of aliphatic carboxylic acids is 1. The molecule has 0 spiro atoms. The van der Waals surface area contributed by atoms with Crippen LogP contribution in [-0.4, -0.2) is 181 Å². The molecule has 0 radical (unpaired) electrons. The molecule has 3 atom stereocenters. The molecule has 7 rings (SSSR count). The number of halogens is 2. The van der Waals surface area contributed by atoms with Crippen LogP contribution in [0.3, 0.4) is 0 Å². The van der Waals surface area contributed by atoms with Gasteiger partial charge in [-0.3, -0.25) is 48.4 Å². The van der Waals surface area contributed by atoms with E-state index in [0.29, 0.717) is 51.0 Å². The third-order valence-corrected chi connectivity index (χ3v) is 14.3. The molecule has 11 N–H and O–H groups in total. The van der Waals surface area contributed by atoms with Gasteiger partial charge in [-0.1, -0.05) is 44.2 Å². The molecule has 3 aromatic heterocycles. The van der Waals surface area contributed by atoms with Gasteiger partial charge in [-0.2, -0.15) is 0 Å². The van der Waals surface area contributed by atoms with Gasteiger partial charge >= 0.3 is 18.1 Å². The number of nitrogens with two attached hydrogens (primary N) is 1. The van der Waals surface area contributed by atoms with Gasteiger partial charge in [0.15, 0.2) is 11.6 Å². The quantitative estimate of drug-likeness (QED) is 0.0185. The van der Waals surface area contributed by atoms with E-state index in [1.165, 1.54) is 24.3 Å². The van der Waals surface area contributed by atoms with Crippen LogP contribution in [0.2, 0.25) is 0 Å². The summed E-state index contributed by atoms with van der Waals surface area (Å²) in [5, 5.41) is 28.7. The van der Waals surface area contributed by atoms with Crippen LogP contribution in [0.25, 0.3) is 33.5 Å². The number of aromatic nitrogens is 4. The highest BCUT2D eigenvalue weighted by atomic mass is 19.2. The van der Waals surface area contributed by atoms with E-state index < -0.39 is 83.8 Å². The van der Waals surface area contributed by atoms with Crippen LogP contribution >= 0.6 is 0 Å². The summed E-state index contributed by atoms with van der Waals surface area (Å²) in [5.74, 6) is -6.58. The SMILES string of the molecule is CC(C)[C@H](NC(=O)[C@H](CCC(=O)O)NC(=O)CCOCCOCCOCCOCCN1C(=O)C=CC1=O)C(=O)N[C@@H](CCCNC(N)=O)C(=O)Nc1ccc(COC(=O)NCCOc2cnc3ccc(-c4nc(CNc5cccc(F)c5F)[nH]c4-c4ccccn4)cc3c2)cc1. The first kappa shape index (κ1) is 72.9. The highest BCUT2D eigenvalue weighted by Gasteiger charge is 2.32. The Bertz CT molecular complexity index is 3640. The third-order valence-electron chi connectivity index (χ3n) is 14.3. The van der Waals surface area contributed by atoms with Gasteiger partial charge in [0.2, 0.25) is 23.6 Å². The number of alkyl carbamates (subject to hydrolysis) is 1. The summed E-state index contributed by atoms with van der Waals surface area (Å²) in [5.41, 5.74) is 9.25. The Morgan fingerprint density at radius 3 is 2.10 bits per heavy atom. The fourth-order valence-electron chi connectivity index (χ4n) is 9.38. The molecule has 4 heterocycles. The number of ether oxygens (including phenoxy) is 6. The number of carboxylic acids is 1. The predicted octanol–water partition coefficient (Wildman–Crippen LogP) is 4.63. The number of nitrogens with zero attached hydrogens (tertiary/aromatic N) is 4. The van der Waals surface area contributed by atoms with Crippen molar-refractivity contribution in [1.82, 2.24) is 51.4 Å². The first-order valence-corrected chi connectivity index (χ1v) is 30.8. The van der Waals surface area contributed by atoms with Crippen molar-refractivity contribution in [1.29, 1.82) is 0 Å². The van der Waals surface area contributed by atoms with Crippen LogP contribution in [0, 0.1) is 17.6 Å². The zero-order valence-corrected chi connectivity index (χ0v) is 52.8. The molecule has 0 unspecified atom stereocenters. The van der Waals surface area contributed by atoms with E-state index in [0.717, 1.165) is 16.4 Å². The lowest BCUT2D eigenvalue weighted by molar-refractivity contribution is -0.139. The second-order valence-corrected chi connectivity index (χ2v) is 21.8. The molecule has 9 amide bonds. The number of pyridine rings is 2. The third kappa shape index (κ3) is 23.8. The second kappa shape index (κ2) is 38.0. The largest absolute Gasteiger partial charge is 0.490 e. The minimum absolute atomic E-state index is 0.00385. The Kier molecular flexibility index (Phi) is 28.9. The Morgan fingerprint density at radius 1 is 0.708 bits per heavy atom. The topological polar surface area (TPSA) is 397 Å². The summed E-state index contributed by atoms with van der Waals surface area (Å²) in [4.78, 5) is 131. The number of nitrogens with one attached hydrogen (secondary N) is 8. The Labute approximate surface area is 550 Å². The van der Waals surface area contributed by atoms with Gasteiger partial charge in [0.25, 0.3) is 11.8 Å². The number of anilines is 2. The van der Waals surface area contributed by atoms with Crippen molar-refractivity contribution in [2.75, 3.05) is 89.7 Å². The van der Waals surface area contributed by atoms with Crippen molar-refractivity contribution in [2.24, 2.45) is 11.7 Å². The summed E-state index contributed by atoms with van der Waals surface area (Å²) in [6.07, 6.45) is 4.05. The maximum absolute atomic E-state index is 14.4. The summed E-state index contributed by atoms with van der Waals surface area (Å²) < 4.78 is 61.4. The number of urea groups is 1. The number of carbonyl (C=O) groups excluding carboxylic acids is 8. The van der Waals surface area contributed by atoms with Crippen LogP contribution in [0.5, 0.6) is 5.75 Å². The van der Waals surface area contributed by atoms with Gasteiger partial charge in [-0.25, -0.2) is 23.4 Å². The predicted molar refractivity (Wildman–Crippen MR) is 343 cm³/mol. The van der Waals surface area contributed by atoms with E-state index in [2.05, 4.69) is 52.2 Å². The fourth-order valence-corrected chi connectivity index (χ4v) is 9.38. The number of hydrogen-bond donors (Lipinski definition) is 10. The summed E-state index contributed by atoms with van der Waals surface area (Å²) in [6.45, 7) is 4.94. The second-order valence-electron chi connectivity index (χ2n) is 21.8. The Hall–Kier alpha value is -10.5. The minimum atomic E-state index is -1.37. The smallest absolute Gasteiger partial charge is 0.407 e. The number of H-pyrrole nitrogens is 1. The lowest BCUT2D eigenvalue weighted by Gasteiger charge is -2.27. The van der Waals surface area contributed by atoms with Gasteiger partial charge in [0.1, 0.15) is 42.9 Å². The molecule has 29 nitrogen and oxygen atoms in total. The molecule has 0 saturated carbocycles. The number of imidazole rings is 1. The molecule has 1 aliphatic heterocycles. The van der Waals surface area contributed by atoms with E-state index in [1.54, 1.807) is 62.6 Å². The van der Waals surface area contributed by atoms with Gasteiger partial charge in [-0.05, 0) is 85.3 Å². The summed E-state index contributed by atoms with van der Waals surface area (Å²) in [7, 11) is 0. The Balaban J connectivity index is 0.829. The van der Waals surface area contributed by atoms with Crippen molar-refractivity contribution in [2.45, 2.75) is 77.2 Å². The number of benzene rings is 3. The van der Waals surface area contributed by atoms with Gasteiger partial charge in [-0.15, -0.1) is 0 Å². The average Bonchev–Trinajstić information content (AvgIpc) is 1.48. The van der Waals surface area contributed by atoms with Crippen LogP contribution < -0.4 is 47.7 Å². The monoisotopic (exact) mass is 1330 g/mol. The minimum Gasteiger partial charge on any atom is -0.490 e. The Morgan fingerprint density at radius 2 is 1.42 bits per heavy atom. The number of aromatic amines is 1. The van der Waals surface area contributed by atoms with E-state index >= 15 is 0 Å². The van der Waals surface area contributed by atoms with E-state index in [4.69, 9.17) is 39.1 Å². The lowest BCUT2D eigenvalue weighted by atomic mass is 10.0. The van der Waals surface area contributed by atoms with Crippen LogP contribution in [0.4, 0.5) is 29.7 Å². The maximum Gasteiger partial charge on any atom is 0.407 e. The zero-order valence-electron chi connectivity index (χ0n) is 52.8. The molecular weight excluding hydrogens is 1260 g/mol. The number of primary amides is 1. The van der Waals surface area contributed by atoms with Gasteiger partial charge < -0.3 is 81.5 Å². The van der Waals surface area contributed by atoms with Crippen LogP contribution in [0.1, 0.15) is 57.3 Å². The first-order valence-electron chi connectivity index (χ1n) is 30.8. The number of rotatable bonds is 41. The molecule has 0 saturated heterocycles. The number of carbonyl (C=O) groups is 9. The van der Waals surface area contributed by atoms with Gasteiger partial charge in [0, 0.05) is 54.4 Å². The molecule has 3 aromatic carbocycles. The number of imide groups is 1. The standard InChI is InChI=1S/C65H77F2N13O16/c1-40(2)58(79-62(87)51(17-20-56(84)85)75-53(81)21-26-91-29-31-93-33-34-94-32-30-92-28-25-80-54(82)18-19-55(80)83)63(88)76-50(10-6-23-70-64(68)89)61(86)74-44-14-11-41(12-15-44)39-96-65(90)71-24-27-95-45-36-43-35-42(13-16-47(43)72-37-45)59-60(49-8-3-4-22-69-49)78-52(77-59)38-73-48-9-5-7-46(66)57(48)67/h3-5,7-9,11-16,18-19,22,35-37,40,50-51,58,73H,6,10,17,20-21,23-34,38-39H2,1-2H3,(H,71,90)(H,74,86)(H,75,81)(H,76,88)(H,77,78)(H,79,87)(H,84,85)(H3,68,70,89)/t50-,51-,58-/m0/s1. The normalized spacial score (nSPS) is 12.8. The maximum atomic E-state index is 14.4. The van der Waals surface area contributed by atoms with Crippen molar-refractivity contribution in [3.63, 3.8) is 0 Å². The molecular formula is C65H77F2N13O16. The molecule has 96 heavy (non-hydrogen) atoms. The van der Waals surface area contributed by atoms with E-state index in [9.17, 15) is 57.0 Å². The summed E-state index contributed by atoms with van der Waals surface area (Å²) >= 11 is 0. The highest BCUT2D eigenvalue weighted by Crippen LogP contribution is 2.32. The number of hydrogen-bond acceptors (Lipinski definition) is 19. The molecule has 31 heteroatoms. The molecule has 0 aliphatic carbocycles. The fraction of sp³-hybridized carbons (Fsp3) is 0.385. The number of amides is 9. The molecule has 6 aromatic rings. The van der Waals surface area contributed by atoms with Crippen molar-refractivity contribution >= 4 is 75.8 Å². The van der Waals surface area contributed by atoms with Crippen molar-refractivity contribution < 1.29 is 85.5 Å². The van der Waals surface area contributed by atoms with Crippen LogP contribution in [0.15, 0.2) is 109 Å². The summed E-state index contributed by atoms with van der Waals surface area (Å²) in [6, 6.07) is 18.3. The molecule has 512 valence electrons. The van der Waals surface area contributed by atoms with Crippen molar-refractivity contribution in [3.05, 3.63) is 132 Å². The number of fused-ring (bicyclic) bond motifs is 1. The number of carboxylic acid groups (broad SMARTS) is 1. The zero-order chi connectivity index (χ0) is 68.8. The van der Waals surface area contributed by atoms with Crippen LogP contribution in [-0.2, 0) is 70.4 Å². The highest BCUT2D eigenvalue weighted by molar-refractivity contribution is 6.12. The first-order chi connectivity index (χ1) is 46.3. The molecule has 0 bridgehead atoms. The molecule has 1 aliphatic rings. The van der Waals surface area contributed by atoms with Crippen molar-refractivity contribution in [3.8, 4) is 28.4 Å². The van der Waals surface area contributed by atoms with E-state index in [1.807, 2.05) is 30.3 Å². The average molecular weight is 1330 g/mol. The van der Waals surface area contributed by atoms with E-state index in [-0.39, 0.29) is 135 Å². The lowest BCUT2D eigenvalue weighted by Crippen LogP contribution is -2.58.